The molecule has 1 aromatic rings. The van der Waals surface area contributed by atoms with Crippen molar-refractivity contribution in [3.8, 4) is 5.75 Å². The summed E-state index contributed by atoms with van der Waals surface area (Å²) in [6.45, 7) is 8.18. The van der Waals surface area contributed by atoms with Gasteiger partial charge in [-0.2, -0.15) is 0 Å². The molecule has 1 aliphatic heterocycles. The van der Waals surface area contributed by atoms with Crippen molar-refractivity contribution in [3.63, 3.8) is 0 Å². The van der Waals surface area contributed by atoms with E-state index in [-0.39, 0.29) is 30.6 Å². The first-order valence-corrected chi connectivity index (χ1v) is 8.49. The Kier molecular flexibility index (Phi) is 5.75. The molecule has 5 heteroatoms. The Balaban J connectivity index is 2.13. The smallest absolute Gasteiger partial charge is 0.410 e. The maximum absolute atomic E-state index is 12.4. The van der Waals surface area contributed by atoms with Crippen LogP contribution in [-0.4, -0.2) is 48.0 Å². The van der Waals surface area contributed by atoms with Crippen LogP contribution in [0.5, 0.6) is 5.75 Å². The van der Waals surface area contributed by atoms with Crippen LogP contribution in [0.25, 0.3) is 0 Å². The highest BCUT2D eigenvalue weighted by Gasteiger charge is 2.37. The minimum Gasteiger partial charge on any atom is -0.497 e. The Labute approximate surface area is 144 Å². The van der Waals surface area contributed by atoms with Gasteiger partial charge < -0.3 is 19.5 Å². The van der Waals surface area contributed by atoms with Crippen molar-refractivity contribution in [2.75, 3.05) is 20.3 Å². The number of hydrogen-bond acceptors (Lipinski definition) is 4. The van der Waals surface area contributed by atoms with Crippen molar-refractivity contribution in [1.29, 1.82) is 0 Å². The average molecular weight is 335 g/mol. The van der Waals surface area contributed by atoms with Crippen LogP contribution in [0.15, 0.2) is 24.3 Å². The topological polar surface area (TPSA) is 59.0 Å². The summed E-state index contributed by atoms with van der Waals surface area (Å²) in [5, 5.41) is 9.84. The van der Waals surface area contributed by atoms with E-state index in [4.69, 9.17) is 9.47 Å². The first-order chi connectivity index (χ1) is 11.2. The van der Waals surface area contributed by atoms with Gasteiger partial charge in [0.1, 0.15) is 11.4 Å². The molecule has 1 saturated heterocycles. The third-order valence-electron chi connectivity index (χ3n) is 4.53. The lowest BCUT2D eigenvalue weighted by atomic mass is 9.78. The summed E-state index contributed by atoms with van der Waals surface area (Å²) < 4.78 is 10.7. The number of aliphatic hydroxyl groups excluding tert-OH is 1. The standard InChI is InChI=1S/C19H29NO4/c1-13-10-17(14-6-8-16(23-5)9-7-14)15(12-21)11-20(13)18(22)24-19(2,3)4/h6-9,13,15,17,21H,10-12H2,1-5H3/t13-,15-,17-/m1/s1. The molecule has 0 radical (unpaired) electrons. The van der Waals surface area contributed by atoms with E-state index in [1.54, 1.807) is 12.0 Å². The Bertz CT molecular complexity index is 549. The second-order valence-electron chi connectivity index (χ2n) is 7.54. The molecule has 0 aromatic heterocycles. The summed E-state index contributed by atoms with van der Waals surface area (Å²) in [6, 6.07) is 8.03. The van der Waals surface area contributed by atoms with Crippen LogP contribution in [0.4, 0.5) is 4.79 Å². The van der Waals surface area contributed by atoms with E-state index in [2.05, 4.69) is 0 Å². The lowest BCUT2D eigenvalue weighted by molar-refractivity contribution is -0.00300. The van der Waals surface area contributed by atoms with Crippen LogP contribution in [-0.2, 0) is 4.74 Å². The molecule has 1 N–H and O–H groups in total. The third-order valence-corrected chi connectivity index (χ3v) is 4.53. The summed E-state index contributed by atoms with van der Waals surface area (Å²) in [4.78, 5) is 14.2. The van der Waals surface area contributed by atoms with Gasteiger partial charge in [0.25, 0.3) is 0 Å². The van der Waals surface area contributed by atoms with Gasteiger partial charge in [0.15, 0.2) is 0 Å². The van der Waals surface area contributed by atoms with Gasteiger partial charge in [0.05, 0.1) is 7.11 Å². The van der Waals surface area contributed by atoms with Crippen molar-refractivity contribution in [2.24, 2.45) is 5.92 Å². The predicted octanol–water partition coefficient (Wildman–Crippen LogP) is 3.42. The molecule has 134 valence electrons. The number of amides is 1. The maximum Gasteiger partial charge on any atom is 0.410 e. The number of carbonyl (C=O) groups excluding carboxylic acids is 1. The van der Waals surface area contributed by atoms with Crippen LogP contribution < -0.4 is 4.74 Å². The quantitative estimate of drug-likeness (QED) is 0.919. The molecule has 3 atom stereocenters. The van der Waals surface area contributed by atoms with Gasteiger partial charge in [-0.3, -0.25) is 0 Å². The van der Waals surface area contributed by atoms with Gasteiger partial charge in [-0.05, 0) is 57.7 Å². The van der Waals surface area contributed by atoms with Gasteiger partial charge in [-0.1, -0.05) is 12.1 Å². The van der Waals surface area contributed by atoms with E-state index in [0.717, 1.165) is 12.2 Å². The number of ether oxygens (including phenoxy) is 2. The maximum atomic E-state index is 12.4. The number of benzene rings is 1. The Hall–Kier alpha value is -1.75. The molecule has 1 aliphatic rings. The monoisotopic (exact) mass is 335 g/mol. The molecule has 0 bridgehead atoms. The van der Waals surface area contributed by atoms with E-state index in [1.807, 2.05) is 52.0 Å². The number of methoxy groups -OCH3 is 1. The zero-order chi connectivity index (χ0) is 17.9. The lowest BCUT2D eigenvalue weighted by Crippen LogP contribution is -2.50. The van der Waals surface area contributed by atoms with E-state index in [9.17, 15) is 9.90 Å². The highest BCUT2D eigenvalue weighted by Crippen LogP contribution is 2.37. The second-order valence-corrected chi connectivity index (χ2v) is 7.54. The van der Waals surface area contributed by atoms with Gasteiger partial charge in [-0.25, -0.2) is 4.79 Å². The van der Waals surface area contributed by atoms with Crippen LogP contribution in [0.1, 0.15) is 45.6 Å². The molecule has 1 heterocycles. The van der Waals surface area contributed by atoms with Gasteiger partial charge in [0.2, 0.25) is 0 Å². The molecule has 0 unspecified atom stereocenters. The van der Waals surface area contributed by atoms with Gasteiger partial charge in [-0.15, -0.1) is 0 Å². The zero-order valence-electron chi connectivity index (χ0n) is 15.3. The highest BCUT2D eigenvalue weighted by atomic mass is 16.6. The number of hydrogen-bond donors (Lipinski definition) is 1. The second kappa shape index (κ2) is 7.43. The number of likely N-dealkylation sites (tertiary alicyclic amines) is 1. The Morgan fingerprint density at radius 3 is 2.42 bits per heavy atom. The Morgan fingerprint density at radius 2 is 1.92 bits per heavy atom. The van der Waals surface area contributed by atoms with Crippen LogP contribution in [0.3, 0.4) is 0 Å². The number of rotatable bonds is 3. The van der Waals surface area contributed by atoms with E-state index >= 15 is 0 Å². The molecule has 0 aliphatic carbocycles. The first-order valence-electron chi connectivity index (χ1n) is 8.49. The molecule has 1 amide bonds. The van der Waals surface area contributed by atoms with E-state index < -0.39 is 5.60 Å². The summed E-state index contributed by atoms with van der Waals surface area (Å²) in [5.41, 5.74) is 0.656. The van der Waals surface area contributed by atoms with Crippen LogP contribution in [0.2, 0.25) is 0 Å². The number of aliphatic hydroxyl groups is 1. The number of nitrogens with zero attached hydrogens (tertiary/aromatic N) is 1. The largest absolute Gasteiger partial charge is 0.497 e. The molecule has 1 fully saturated rings. The fourth-order valence-electron chi connectivity index (χ4n) is 3.27. The summed E-state index contributed by atoms with van der Waals surface area (Å²) in [5.74, 6) is 1.04. The van der Waals surface area contributed by atoms with Gasteiger partial charge in [0, 0.05) is 25.1 Å². The lowest BCUT2D eigenvalue weighted by Gasteiger charge is -2.42. The number of carbonyl (C=O) groups is 1. The summed E-state index contributed by atoms with van der Waals surface area (Å²) in [7, 11) is 1.65. The molecule has 24 heavy (non-hydrogen) atoms. The minimum absolute atomic E-state index is 0.00196. The van der Waals surface area contributed by atoms with E-state index in [1.165, 1.54) is 5.56 Å². The van der Waals surface area contributed by atoms with Crippen LogP contribution in [0, 0.1) is 5.92 Å². The molecule has 2 rings (SSSR count). The van der Waals surface area contributed by atoms with Crippen LogP contribution >= 0.6 is 0 Å². The predicted molar refractivity (Wildman–Crippen MR) is 93.3 cm³/mol. The van der Waals surface area contributed by atoms with Gasteiger partial charge >= 0.3 is 6.09 Å². The normalized spacial score (nSPS) is 24.6. The molecular formula is C19H29NO4. The molecule has 0 saturated carbocycles. The molecule has 1 aromatic carbocycles. The Morgan fingerprint density at radius 1 is 1.29 bits per heavy atom. The zero-order valence-corrected chi connectivity index (χ0v) is 15.3. The van der Waals surface area contributed by atoms with Crippen molar-refractivity contribution in [1.82, 2.24) is 4.90 Å². The SMILES string of the molecule is COc1ccc([C@H]2C[C@@H](C)N(C(=O)OC(C)(C)C)C[C@@H]2CO)cc1. The van der Waals surface area contributed by atoms with Crippen molar-refractivity contribution in [2.45, 2.75) is 51.7 Å². The van der Waals surface area contributed by atoms with Crippen molar-refractivity contribution in [3.05, 3.63) is 29.8 Å². The van der Waals surface area contributed by atoms with E-state index in [0.29, 0.717) is 6.54 Å². The molecule has 0 spiro atoms. The average Bonchev–Trinajstić information content (AvgIpc) is 2.53. The third kappa shape index (κ3) is 4.41. The first kappa shape index (κ1) is 18.6. The number of piperidine rings is 1. The minimum atomic E-state index is -0.516. The summed E-state index contributed by atoms with van der Waals surface area (Å²) >= 11 is 0. The highest BCUT2D eigenvalue weighted by molar-refractivity contribution is 5.68. The summed E-state index contributed by atoms with van der Waals surface area (Å²) in [6.07, 6.45) is 0.498. The molecule has 5 nitrogen and oxygen atoms in total. The van der Waals surface area contributed by atoms with Crippen molar-refractivity contribution >= 4 is 6.09 Å². The molecular weight excluding hydrogens is 306 g/mol. The fourth-order valence-corrected chi connectivity index (χ4v) is 3.27. The van der Waals surface area contributed by atoms with Crippen molar-refractivity contribution < 1.29 is 19.4 Å². The fraction of sp³-hybridized carbons (Fsp3) is 0.632.